The molecule has 0 aliphatic carbocycles. The standard InChI is InChI=1S/C11H20N2O3/c1-15-11(14)13-5-2-4-12(6-7-13)10-3-8-16-9-10/h10H,2-9H2,1H3. The summed E-state index contributed by atoms with van der Waals surface area (Å²) in [6.07, 6.45) is 1.94. The van der Waals surface area contributed by atoms with Gasteiger partial charge in [0, 0.05) is 38.8 Å². The normalized spacial score (nSPS) is 27.8. The van der Waals surface area contributed by atoms with Gasteiger partial charge < -0.3 is 14.4 Å². The van der Waals surface area contributed by atoms with Crippen molar-refractivity contribution in [3.63, 3.8) is 0 Å². The van der Waals surface area contributed by atoms with Crippen molar-refractivity contribution in [2.24, 2.45) is 0 Å². The highest BCUT2D eigenvalue weighted by atomic mass is 16.5. The molecular weight excluding hydrogens is 208 g/mol. The molecule has 2 aliphatic heterocycles. The van der Waals surface area contributed by atoms with Gasteiger partial charge in [-0.3, -0.25) is 4.90 Å². The van der Waals surface area contributed by atoms with Crippen LogP contribution in [0.15, 0.2) is 0 Å². The van der Waals surface area contributed by atoms with Crippen LogP contribution in [0, 0.1) is 0 Å². The Labute approximate surface area is 96.3 Å². The Morgan fingerprint density at radius 3 is 2.88 bits per heavy atom. The van der Waals surface area contributed by atoms with Crippen LogP contribution in [0.1, 0.15) is 12.8 Å². The molecule has 2 aliphatic rings. The molecule has 92 valence electrons. The monoisotopic (exact) mass is 228 g/mol. The number of rotatable bonds is 1. The molecule has 0 spiro atoms. The minimum Gasteiger partial charge on any atom is -0.453 e. The first kappa shape index (κ1) is 11.7. The van der Waals surface area contributed by atoms with Gasteiger partial charge in [-0.2, -0.15) is 0 Å². The molecule has 5 heteroatoms. The van der Waals surface area contributed by atoms with Gasteiger partial charge >= 0.3 is 6.09 Å². The summed E-state index contributed by atoms with van der Waals surface area (Å²) in [6, 6.07) is 0.553. The van der Waals surface area contributed by atoms with Crippen LogP contribution in [0.3, 0.4) is 0 Å². The van der Waals surface area contributed by atoms with E-state index in [4.69, 9.17) is 9.47 Å². The number of ether oxygens (including phenoxy) is 2. The third-order valence-corrected chi connectivity index (χ3v) is 3.39. The van der Waals surface area contributed by atoms with Crippen molar-refractivity contribution < 1.29 is 14.3 Å². The maximum atomic E-state index is 11.4. The van der Waals surface area contributed by atoms with Crippen molar-refractivity contribution in [3.8, 4) is 0 Å². The molecular formula is C11H20N2O3. The maximum Gasteiger partial charge on any atom is 0.409 e. The molecule has 2 rings (SSSR count). The second kappa shape index (κ2) is 5.50. The van der Waals surface area contributed by atoms with Gasteiger partial charge in [-0.15, -0.1) is 0 Å². The Kier molecular flexibility index (Phi) is 4.01. The Morgan fingerprint density at radius 2 is 2.19 bits per heavy atom. The number of amides is 1. The molecule has 16 heavy (non-hydrogen) atoms. The van der Waals surface area contributed by atoms with Gasteiger partial charge in [-0.05, 0) is 12.8 Å². The largest absolute Gasteiger partial charge is 0.453 e. The minimum atomic E-state index is -0.204. The fourth-order valence-electron chi connectivity index (χ4n) is 2.42. The van der Waals surface area contributed by atoms with Crippen LogP contribution in [0.4, 0.5) is 4.79 Å². The molecule has 2 saturated heterocycles. The van der Waals surface area contributed by atoms with Gasteiger partial charge in [-0.1, -0.05) is 0 Å². The van der Waals surface area contributed by atoms with Crippen LogP contribution < -0.4 is 0 Å². The lowest BCUT2D eigenvalue weighted by Gasteiger charge is -2.25. The number of hydrogen-bond acceptors (Lipinski definition) is 4. The minimum absolute atomic E-state index is 0.204. The van der Waals surface area contributed by atoms with Crippen molar-refractivity contribution in [2.45, 2.75) is 18.9 Å². The van der Waals surface area contributed by atoms with E-state index in [9.17, 15) is 4.79 Å². The van der Waals surface area contributed by atoms with Crippen molar-refractivity contribution in [1.82, 2.24) is 9.80 Å². The predicted octanol–water partition coefficient (Wildman–Crippen LogP) is 0.549. The molecule has 0 aromatic heterocycles. The molecule has 0 aromatic carbocycles. The van der Waals surface area contributed by atoms with Crippen LogP contribution in [-0.4, -0.2) is 68.4 Å². The number of hydrogen-bond donors (Lipinski definition) is 0. The number of nitrogens with zero attached hydrogens (tertiary/aromatic N) is 2. The lowest BCUT2D eigenvalue weighted by Crippen LogP contribution is -2.39. The summed E-state index contributed by atoms with van der Waals surface area (Å²) in [7, 11) is 1.44. The Hall–Kier alpha value is -0.810. The summed E-state index contributed by atoms with van der Waals surface area (Å²) in [5, 5.41) is 0. The zero-order valence-electron chi connectivity index (χ0n) is 9.85. The second-order valence-corrected chi connectivity index (χ2v) is 4.36. The average molecular weight is 228 g/mol. The molecule has 1 amide bonds. The molecule has 5 nitrogen and oxygen atoms in total. The van der Waals surface area contributed by atoms with E-state index >= 15 is 0 Å². The van der Waals surface area contributed by atoms with Crippen LogP contribution in [0.5, 0.6) is 0 Å². The summed E-state index contributed by atoms with van der Waals surface area (Å²) in [4.78, 5) is 15.6. The van der Waals surface area contributed by atoms with Crippen molar-refractivity contribution in [2.75, 3.05) is 46.5 Å². The molecule has 1 unspecified atom stereocenters. The van der Waals surface area contributed by atoms with Crippen molar-refractivity contribution in [3.05, 3.63) is 0 Å². The van der Waals surface area contributed by atoms with Gasteiger partial charge in [0.25, 0.3) is 0 Å². The zero-order valence-corrected chi connectivity index (χ0v) is 9.85. The third-order valence-electron chi connectivity index (χ3n) is 3.39. The SMILES string of the molecule is COC(=O)N1CCCN(C2CCOC2)CC1. The highest BCUT2D eigenvalue weighted by molar-refractivity contribution is 5.67. The lowest BCUT2D eigenvalue weighted by atomic mass is 10.2. The molecule has 0 aromatic rings. The van der Waals surface area contributed by atoms with Crippen LogP contribution >= 0.6 is 0 Å². The van der Waals surface area contributed by atoms with Gasteiger partial charge in [0.1, 0.15) is 0 Å². The molecule has 2 fully saturated rings. The van der Waals surface area contributed by atoms with E-state index in [1.807, 2.05) is 0 Å². The summed E-state index contributed by atoms with van der Waals surface area (Å²) in [5.74, 6) is 0. The quantitative estimate of drug-likeness (QED) is 0.657. The Balaban J connectivity index is 1.85. The number of carbonyl (C=O) groups excluding carboxylic acids is 1. The smallest absolute Gasteiger partial charge is 0.409 e. The molecule has 0 N–H and O–H groups in total. The lowest BCUT2D eigenvalue weighted by molar-refractivity contribution is 0.121. The van der Waals surface area contributed by atoms with E-state index in [1.54, 1.807) is 4.90 Å². The van der Waals surface area contributed by atoms with E-state index in [1.165, 1.54) is 7.11 Å². The van der Waals surface area contributed by atoms with Gasteiger partial charge in [0.2, 0.25) is 0 Å². The number of carbonyl (C=O) groups is 1. The highest BCUT2D eigenvalue weighted by Gasteiger charge is 2.26. The van der Waals surface area contributed by atoms with Crippen molar-refractivity contribution >= 4 is 6.09 Å². The summed E-state index contributed by atoms with van der Waals surface area (Å²) in [6.45, 7) is 5.28. The molecule has 0 bridgehead atoms. The molecule has 0 saturated carbocycles. The van der Waals surface area contributed by atoms with E-state index < -0.39 is 0 Å². The van der Waals surface area contributed by atoms with E-state index in [0.717, 1.165) is 52.2 Å². The first-order valence-electron chi connectivity index (χ1n) is 5.96. The highest BCUT2D eigenvalue weighted by Crippen LogP contribution is 2.15. The summed E-state index contributed by atoms with van der Waals surface area (Å²) in [5.41, 5.74) is 0. The maximum absolute atomic E-state index is 11.4. The topological polar surface area (TPSA) is 42.0 Å². The first-order valence-corrected chi connectivity index (χ1v) is 5.96. The zero-order chi connectivity index (χ0) is 11.4. The predicted molar refractivity (Wildman–Crippen MR) is 59.4 cm³/mol. The molecule has 0 radical (unpaired) electrons. The average Bonchev–Trinajstić information content (AvgIpc) is 2.73. The van der Waals surface area contributed by atoms with E-state index in [-0.39, 0.29) is 6.09 Å². The van der Waals surface area contributed by atoms with E-state index in [2.05, 4.69) is 4.90 Å². The fraction of sp³-hybridized carbons (Fsp3) is 0.909. The fourth-order valence-corrected chi connectivity index (χ4v) is 2.42. The first-order chi connectivity index (χ1) is 7.81. The van der Waals surface area contributed by atoms with Crippen LogP contribution in [0.25, 0.3) is 0 Å². The summed E-state index contributed by atoms with van der Waals surface area (Å²) >= 11 is 0. The van der Waals surface area contributed by atoms with Crippen molar-refractivity contribution in [1.29, 1.82) is 0 Å². The Morgan fingerprint density at radius 1 is 1.31 bits per heavy atom. The van der Waals surface area contributed by atoms with Crippen LogP contribution in [-0.2, 0) is 9.47 Å². The van der Waals surface area contributed by atoms with Gasteiger partial charge in [0.15, 0.2) is 0 Å². The molecule has 2 heterocycles. The van der Waals surface area contributed by atoms with E-state index in [0.29, 0.717) is 6.04 Å². The van der Waals surface area contributed by atoms with Crippen LogP contribution in [0.2, 0.25) is 0 Å². The second-order valence-electron chi connectivity index (χ2n) is 4.36. The number of methoxy groups -OCH3 is 1. The van der Waals surface area contributed by atoms with Gasteiger partial charge in [-0.25, -0.2) is 4.79 Å². The Bertz CT molecular complexity index is 241. The summed E-state index contributed by atoms with van der Waals surface area (Å²) < 4.78 is 10.1. The molecule has 1 atom stereocenters. The van der Waals surface area contributed by atoms with Gasteiger partial charge in [0.05, 0.1) is 13.7 Å². The third kappa shape index (κ3) is 2.65.